The Balaban J connectivity index is 1.81. The quantitative estimate of drug-likeness (QED) is 0.902. The number of carboxylic acid groups (broad SMARTS) is 1. The van der Waals surface area contributed by atoms with Crippen molar-refractivity contribution in [1.29, 1.82) is 5.26 Å². The second-order valence-electron chi connectivity index (χ2n) is 5.87. The van der Waals surface area contributed by atoms with Gasteiger partial charge in [0, 0.05) is 12.1 Å². The highest BCUT2D eigenvalue weighted by molar-refractivity contribution is 7.88. The zero-order chi connectivity index (χ0) is 15.9. The van der Waals surface area contributed by atoms with Gasteiger partial charge in [0.25, 0.3) is 0 Å². The molecule has 3 unspecified atom stereocenters. The second-order valence-corrected chi connectivity index (χ2v) is 7.75. The Morgan fingerprint density at radius 2 is 2.00 bits per heavy atom. The predicted molar refractivity (Wildman–Crippen MR) is 78.2 cm³/mol. The van der Waals surface area contributed by atoms with Gasteiger partial charge in [-0.05, 0) is 37.0 Å². The van der Waals surface area contributed by atoms with Crippen LogP contribution in [0.25, 0.3) is 0 Å². The molecular formula is C15H16N2O4S. The van der Waals surface area contributed by atoms with E-state index in [1.165, 1.54) is 4.31 Å². The number of aliphatic carboxylic acids is 1. The van der Waals surface area contributed by atoms with Gasteiger partial charge in [-0.15, -0.1) is 0 Å². The molecule has 6 nitrogen and oxygen atoms in total. The van der Waals surface area contributed by atoms with E-state index in [9.17, 15) is 18.3 Å². The SMILES string of the molecule is N#Cc1ccc(CS(=O)(=O)N2C3CCC2C(C(=O)O)C3)cc1. The summed E-state index contributed by atoms with van der Waals surface area (Å²) >= 11 is 0. The summed E-state index contributed by atoms with van der Waals surface area (Å²) in [6, 6.07) is 7.82. The summed E-state index contributed by atoms with van der Waals surface area (Å²) in [7, 11) is -3.55. The summed E-state index contributed by atoms with van der Waals surface area (Å²) in [6.07, 6.45) is 1.77. The first-order chi connectivity index (χ1) is 10.4. The Labute approximate surface area is 129 Å². The number of carbonyl (C=O) groups is 1. The van der Waals surface area contributed by atoms with Crippen molar-refractivity contribution >= 4 is 16.0 Å². The smallest absolute Gasteiger partial charge is 0.308 e. The van der Waals surface area contributed by atoms with Crippen molar-refractivity contribution in [2.24, 2.45) is 5.92 Å². The molecule has 2 fully saturated rings. The summed E-state index contributed by atoms with van der Waals surface area (Å²) in [4.78, 5) is 11.2. The van der Waals surface area contributed by atoms with Crippen LogP contribution in [0, 0.1) is 17.2 Å². The molecule has 3 atom stereocenters. The molecule has 2 saturated heterocycles. The first kappa shape index (κ1) is 15.0. The fraction of sp³-hybridized carbons (Fsp3) is 0.467. The average Bonchev–Trinajstić information content (AvgIpc) is 3.06. The molecule has 1 aromatic rings. The third-order valence-electron chi connectivity index (χ3n) is 4.54. The molecule has 1 aromatic carbocycles. The van der Waals surface area contributed by atoms with Gasteiger partial charge in [-0.2, -0.15) is 9.57 Å². The minimum Gasteiger partial charge on any atom is -0.481 e. The van der Waals surface area contributed by atoms with Gasteiger partial charge >= 0.3 is 5.97 Å². The number of nitriles is 1. The highest BCUT2D eigenvalue weighted by Crippen LogP contribution is 2.44. The fourth-order valence-electron chi connectivity index (χ4n) is 3.60. The molecule has 2 heterocycles. The van der Waals surface area contributed by atoms with Gasteiger partial charge in [0.2, 0.25) is 10.0 Å². The Bertz CT molecular complexity index is 736. The fourth-order valence-corrected chi connectivity index (χ4v) is 5.67. The van der Waals surface area contributed by atoms with E-state index in [4.69, 9.17) is 5.26 Å². The van der Waals surface area contributed by atoms with Crippen molar-refractivity contribution in [1.82, 2.24) is 4.31 Å². The lowest BCUT2D eigenvalue weighted by atomic mass is 9.89. The normalized spacial score (nSPS) is 27.7. The first-order valence-corrected chi connectivity index (χ1v) is 8.76. The number of nitrogens with zero attached hydrogens (tertiary/aromatic N) is 2. The Hall–Kier alpha value is -1.91. The molecule has 116 valence electrons. The molecule has 1 N–H and O–H groups in total. The van der Waals surface area contributed by atoms with Crippen LogP contribution in [0.4, 0.5) is 0 Å². The second kappa shape index (κ2) is 5.38. The van der Waals surface area contributed by atoms with Gasteiger partial charge < -0.3 is 5.11 Å². The van der Waals surface area contributed by atoms with Crippen LogP contribution in [0.2, 0.25) is 0 Å². The van der Waals surface area contributed by atoms with E-state index >= 15 is 0 Å². The van der Waals surface area contributed by atoms with Gasteiger partial charge in [0.05, 0.1) is 23.3 Å². The van der Waals surface area contributed by atoms with Crippen molar-refractivity contribution in [2.75, 3.05) is 0 Å². The van der Waals surface area contributed by atoms with Gasteiger partial charge in [-0.25, -0.2) is 8.42 Å². The Kier molecular flexibility index (Phi) is 3.67. The minimum absolute atomic E-state index is 0.155. The van der Waals surface area contributed by atoms with Crippen molar-refractivity contribution in [3.63, 3.8) is 0 Å². The molecule has 2 bridgehead atoms. The number of benzene rings is 1. The van der Waals surface area contributed by atoms with Crippen LogP contribution in [0.15, 0.2) is 24.3 Å². The van der Waals surface area contributed by atoms with Crippen LogP contribution < -0.4 is 0 Å². The summed E-state index contributed by atoms with van der Waals surface area (Å²) in [5.74, 6) is -1.65. The van der Waals surface area contributed by atoms with E-state index in [1.54, 1.807) is 24.3 Å². The third kappa shape index (κ3) is 2.49. The van der Waals surface area contributed by atoms with Crippen molar-refractivity contribution < 1.29 is 18.3 Å². The monoisotopic (exact) mass is 320 g/mol. The molecule has 2 aliphatic heterocycles. The summed E-state index contributed by atoms with van der Waals surface area (Å²) in [6.45, 7) is 0. The summed E-state index contributed by atoms with van der Waals surface area (Å²) in [5, 5.41) is 18.0. The molecule has 0 spiro atoms. The lowest BCUT2D eigenvalue weighted by molar-refractivity contribution is -0.142. The summed E-state index contributed by atoms with van der Waals surface area (Å²) in [5.41, 5.74) is 1.09. The molecule has 0 radical (unpaired) electrons. The maximum Gasteiger partial charge on any atom is 0.308 e. The van der Waals surface area contributed by atoms with Crippen molar-refractivity contribution in [2.45, 2.75) is 37.1 Å². The van der Waals surface area contributed by atoms with Crippen LogP contribution in [0.3, 0.4) is 0 Å². The van der Waals surface area contributed by atoms with Crippen LogP contribution in [-0.2, 0) is 20.6 Å². The number of hydrogen-bond donors (Lipinski definition) is 1. The molecule has 7 heteroatoms. The standard InChI is InChI=1S/C15H16N2O4S/c16-8-10-1-3-11(4-2-10)9-22(20,21)17-12-5-6-14(17)13(7-12)15(18)19/h1-4,12-14H,5-7,9H2,(H,18,19). The summed E-state index contributed by atoms with van der Waals surface area (Å²) < 4.78 is 26.7. The van der Waals surface area contributed by atoms with Gasteiger partial charge in [0.1, 0.15) is 0 Å². The van der Waals surface area contributed by atoms with Crippen molar-refractivity contribution in [3.05, 3.63) is 35.4 Å². The highest BCUT2D eigenvalue weighted by Gasteiger charge is 2.53. The van der Waals surface area contributed by atoms with Crippen LogP contribution >= 0.6 is 0 Å². The molecule has 22 heavy (non-hydrogen) atoms. The molecular weight excluding hydrogens is 304 g/mol. The average molecular weight is 320 g/mol. The van der Waals surface area contributed by atoms with Crippen LogP contribution in [0.1, 0.15) is 30.4 Å². The van der Waals surface area contributed by atoms with Gasteiger partial charge in [0.15, 0.2) is 0 Å². The third-order valence-corrected chi connectivity index (χ3v) is 6.45. The van der Waals surface area contributed by atoms with E-state index in [1.807, 2.05) is 6.07 Å². The van der Waals surface area contributed by atoms with Crippen LogP contribution in [0.5, 0.6) is 0 Å². The maximum absolute atomic E-state index is 12.7. The van der Waals surface area contributed by atoms with Gasteiger partial charge in [-0.1, -0.05) is 12.1 Å². The Morgan fingerprint density at radius 1 is 1.32 bits per heavy atom. The van der Waals surface area contributed by atoms with Gasteiger partial charge in [-0.3, -0.25) is 4.79 Å². The number of rotatable bonds is 4. The number of fused-ring (bicyclic) bond motifs is 2. The van der Waals surface area contributed by atoms with E-state index in [-0.39, 0.29) is 11.8 Å². The minimum atomic E-state index is -3.55. The zero-order valence-electron chi connectivity index (χ0n) is 11.8. The van der Waals surface area contributed by atoms with Crippen LogP contribution in [-0.4, -0.2) is 35.9 Å². The lowest BCUT2D eigenvalue weighted by Gasteiger charge is -2.22. The maximum atomic E-state index is 12.7. The molecule has 0 aromatic heterocycles. The molecule has 0 amide bonds. The molecule has 0 aliphatic carbocycles. The zero-order valence-corrected chi connectivity index (χ0v) is 12.7. The van der Waals surface area contributed by atoms with E-state index < -0.39 is 28.0 Å². The highest BCUT2D eigenvalue weighted by atomic mass is 32.2. The van der Waals surface area contributed by atoms with Crippen molar-refractivity contribution in [3.8, 4) is 6.07 Å². The molecule has 3 rings (SSSR count). The number of hydrogen-bond acceptors (Lipinski definition) is 4. The molecule has 2 aliphatic rings. The van der Waals surface area contributed by atoms with E-state index in [0.717, 1.165) is 6.42 Å². The largest absolute Gasteiger partial charge is 0.481 e. The topological polar surface area (TPSA) is 98.5 Å². The van der Waals surface area contributed by atoms with E-state index in [0.29, 0.717) is 24.0 Å². The number of carboxylic acids is 1. The first-order valence-electron chi connectivity index (χ1n) is 7.15. The molecule has 0 saturated carbocycles. The lowest BCUT2D eigenvalue weighted by Crippen LogP contribution is -2.38. The van der Waals surface area contributed by atoms with E-state index in [2.05, 4.69) is 0 Å². The number of sulfonamides is 1. The Morgan fingerprint density at radius 3 is 2.55 bits per heavy atom. The predicted octanol–water partition coefficient (Wildman–Crippen LogP) is 1.33.